The Balaban J connectivity index is 2.56. The molecule has 0 bridgehead atoms. The van der Waals surface area contributed by atoms with Crippen LogP contribution in [-0.2, 0) is 6.42 Å². The molecule has 0 aromatic heterocycles. The number of hydrogen-bond acceptors (Lipinski definition) is 1. The molecule has 0 spiro atoms. The van der Waals surface area contributed by atoms with Crippen molar-refractivity contribution in [3.05, 3.63) is 34.3 Å². The summed E-state index contributed by atoms with van der Waals surface area (Å²) < 4.78 is 1.16. The molecule has 2 N–H and O–H groups in total. The monoisotopic (exact) mass is 283 g/mol. The molecule has 0 fully saturated rings. The van der Waals surface area contributed by atoms with Crippen LogP contribution in [0.5, 0.6) is 0 Å². The second kappa shape index (κ2) is 7.08. The predicted molar refractivity (Wildman–Crippen MR) is 74.5 cm³/mol. The third kappa shape index (κ3) is 4.67. The molecule has 1 aromatic rings. The van der Waals surface area contributed by atoms with Gasteiger partial charge in [0.15, 0.2) is 0 Å². The smallest absolute Gasteiger partial charge is 0.0177 e. The molecule has 1 rings (SSSR count). The minimum absolute atomic E-state index is 0.615. The predicted octanol–water partition coefficient (Wildman–Crippen LogP) is 4.00. The molecule has 90 valence electrons. The maximum Gasteiger partial charge on any atom is 0.0177 e. The molecule has 0 saturated heterocycles. The molecule has 0 saturated carbocycles. The van der Waals surface area contributed by atoms with Crippen molar-refractivity contribution < 1.29 is 0 Å². The van der Waals surface area contributed by atoms with Gasteiger partial charge in [-0.25, -0.2) is 0 Å². The first kappa shape index (κ1) is 13.7. The maximum atomic E-state index is 5.85. The van der Waals surface area contributed by atoms with E-state index in [9.17, 15) is 0 Å². The zero-order valence-electron chi connectivity index (χ0n) is 10.2. The molecule has 0 aliphatic rings. The summed E-state index contributed by atoms with van der Waals surface area (Å²) in [5.74, 6) is 1.39. The van der Waals surface area contributed by atoms with E-state index in [1.807, 2.05) is 0 Å². The quantitative estimate of drug-likeness (QED) is 0.839. The van der Waals surface area contributed by atoms with E-state index in [2.05, 4.69) is 54.0 Å². The number of rotatable bonds is 6. The number of halogens is 1. The van der Waals surface area contributed by atoms with Gasteiger partial charge in [0, 0.05) is 4.47 Å². The molecule has 0 aliphatic heterocycles. The van der Waals surface area contributed by atoms with E-state index in [4.69, 9.17) is 5.73 Å². The Morgan fingerprint density at radius 3 is 2.69 bits per heavy atom. The fourth-order valence-electron chi connectivity index (χ4n) is 2.00. The first-order valence-corrected chi connectivity index (χ1v) is 6.89. The second-order valence-electron chi connectivity index (χ2n) is 4.68. The van der Waals surface area contributed by atoms with Crippen molar-refractivity contribution in [2.75, 3.05) is 6.54 Å². The van der Waals surface area contributed by atoms with Crippen LogP contribution in [0.4, 0.5) is 0 Å². The first-order chi connectivity index (χ1) is 7.65. The van der Waals surface area contributed by atoms with Gasteiger partial charge in [0.25, 0.3) is 0 Å². The molecule has 1 nitrogen and oxygen atoms in total. The highest BCUT2D eigenvalue weighted by Crippen LogP contribution is 2.20. The van der Waals surface area contributed by atoms with E-state index in [0.29, 0.717) is 5.92 Å². The highest BCUT2D eigenvalue weighted by Gasteiger charge is 2.11. The standard InChI is InChI=1S/C14H22BrN/c1-3-11(2)7-13(10-16)8-12-5-4-6-14(15)9-12/h4-6,9,11,13H,3,7-8,10,16H2,1-2H3. The highest BCUT2D eigenvalue weighted by molar-refractivity contribution is 9.10. The lowest BCUT2D eigenvalue weighted by molar-refractivity contribution is 0.386. The van der Waals surface area contributed by atoms with Crippen LogP contribution in [0.15, 0.2) is 28.7 Å². The Bertz CT molecular complexity index is 311. The van der Waals surface area contributed by atoms with Gasteiger partial charge in [-0.1, -0.05) is 48.3 Å². The van der Waals surface area contributed by atoms with Gasteiger partial charge >= 0.3 is 0 Å². The van der Waals surface area contributed by atoms with Gasteiger partial charge in [0.2, 0.25) is 0 Å². The molecule has 0 amide bonds. The zero-order valence-corrected chi connectivity index (χ0v) is 11.8. The van der Waals surface area contributed by atoms with Crippen LogP contribution in [-0.4, -0.2) is 6.54 Å². The van der Waals surface area contributed by atoms with Crippen LogP contribution in [0.1, 0.15) is 32.3 Å². The molecule has 0 aliphatic carbocycles. The lowest BCUT2D eigenvalue weighted by Crippen LogP contribution is -2.19. The molecule has 2 unspecified atom stereocenters. The van der Waals surface area contributed by atoms with Gasteiger partial charge in [-0.2, -0.15) is 0 Å². The van der Waals surface area contributed by atoms with E-state index >= 15 is 0 Å². The Labute approximate surface area is 108 Å². The Morgan fingerprint density at radius 1 is 1.38 bits per heavy atom. The fraction of sp³-hybridized carbons (Fsp3) is 0.571. The van der Waals surface area contributed by atoms with Gasteiger partial charge in [-0.15, -0.1) is 0 Å². The van der Waals surface area contributed by atoms with Gasteiger partial charge < -0.3 is 5.73 Å². The molecule has 0 heterocycles. The normalized spacial score (nSPS) is 14.8. The van der Waals surface area contributed by atoms with Crippen LogP contribution >= 0.6 is 15.9 Å². The Morgan fingerprint density at radius 2 is 2.12 bits per heavy atom. The van der Waals surface area contributed by atoms with E-state index in [0.717, 1.165) is 23.4 Å². The van der Waals surface area contributed by atoms with Crippen molar-refractivity contribution in [2.45, 2.75) is 33.1 Å². The van der Waals surface area contributed by atoms with Crippen LogP contribution < -0.4 is 5.73 Å². The van der Waals surface area contributed by atoms with E-state index in [1.54, 1.807) is 0 Å². The summed E-state index contributed by atoms with van der Waals surface area (Å²) in [5, 5.41) is 0. The average molecular weight is 284 g/mol. The SMILES string of the molecule is CCC(C)CC(CN)Cc1cccc(Br)c1. The maximum absolute atomic E-state index is 5.85. The van der Waals surface area contributed by atoms with Crippen molar-refractivity contribution >= 4 is 15.9 Å². The zero-order chi connectivity index (χ0) is 12.0. The molecular weight excluding hydrogens is 262 g/mol. The Kier molecular flexibility index (Phi) is 6.07. The number of hydrogen-bond donors (Lipinski definition) is 1. The molecule has 0 radical (unpaired) electrons. The second-order valence-corrected chi connectivity index (χ2v) is 5.60. The highest BCUT2D eigenvalue weighted by atomic mass is 79.9. The molecule has 16 heavy (non-hydrogen) atoms. The molecule has 1 aromatic carbocycles. The van der Waals surface area contributed by atoms with E-state index in [1.165, 1.54) is 18.4 Å². The lowest BCUT2D eigenvalue weighted by Gasteiger charge is -2.18. The summed E-state index contributed by atoms with van der Waals surface area (Å²) in [6.07, 6.45) is 3.58. The van der Waals surface area contributed by atoms with Gasteiger partial charge in [-0.3, -0.25) is 0 Å². The summed E-state index contributed by atoms with van der Waals surface area (Å²) in [6, 6.07) is 8.54. The van der Waals surface area contributed by atoms with Crippen LogP contribution in [0, 0.1) is 11.8 Å². The molecule has 2 heteroatoms. The summed E-state index contributed by atoms with van der Waals surface area (Å²) in [6.45, 7) is 5.35. The van der Waals surface area contributed by atoms with Crippen LogP contribution in [0.3, 0.4) is 0 Å². The largest absolute Gasteiger partial charge is 0.330 e. The first-order valence-electron chi connectivity index (χ1n) is 6.10. The van der Waals surface area contributed by atoms with Crippen molar-refractivity contribution in [1.82, 2.24) is 0 Å². The van der Waals surface area contributed by atoms with Crippen molar-refractivity contribution in [1.29, 1.82) is 0 Å². The van der Waals surface area contributed by atoms with Crippen molar-refractivity contribution in [2.24, 2.45) is 17.6 Å². The van der Waals surface area contributed by atoms with Crippen LogP contribution in [0.2, 0.25) is 0 Å². The minimum Gasteiger partial charge on any atom is -0.330 e. The van der Waals surface area contributed by atoms with Crippen LogP contribution in [0.25, 0.3) is 0 Å². The summed E-state index contributed by atoms with van der Waals surface area (Å²) >= 11 is 3.51. The lowest BCUT2D eigenvalue weighted by atomic mass is 9.89. The van der Waals surface area contributed by atoms with E-state index in [-0.39, 0.29) is 0 Å². The summed E-state index contributed by atoms with van der Waals surface area (Å²) in [7, 11) is 0. The fourth-order valence-corrected chi connectivity index (χ4v) is 2.44. The van der Waals surface area contributed by atoms with E-state index < -0.39 is 0 Å². The third-order valence-corrected chi connectivity index (χ3v) is 3.67. The van der Waals surface area contributed by atoms with Crippen molar-refractivity contribution in [3.63, 3.8) is 0 Å². The minimum atomic E-state index is 0.615. The third-order valence-electron chi connectivity index (χ3n) is 3.18. The molecule has 2 atom stereocenters. The summed E-state index contributed by atoms with van der Waals surface area (Å²) in [5.41, 5.74) is 7.23. The number of benzene rings is 1. The van der Waals surface area contributed by atoms with Gasteiger partial charge in [0.05, 0.1) is 0 Å². The average Bonchev–Trinajstić information content (AvgIpc) is 2.28. The van der Waals surface area contributed by atoms with Gasteiger partial charge in [0.1, 0.15) is 0 Å². The number of nitrogens with two attached hydrogens (primary N) is 1. The Hall–Kier alpha value is -0.340. The topological polar surface area (TPSA) is 26.0 Å². The van der Waals surface area contributed by atoms with Crippen molar-refractivity contribution in [3.8, 4) is 0 Å². The molecular formula is C14H22BrN. The summed E-state index contributed by atoms with van der Waals surface area (Å²) in [4.78, 5) is 0. The van der Waals surface area contributed by atoms with Gasteiger partial charge in [-0.05, 0) is 48.9 Å².